The third kappa shape index (κ3) is 2.53. The fourth-order valence-corrected chi connectivity index (χ4v) is 2.16. The topological polar surface area (TPSA) is 97.8 Å². The van der Waals surface area contributed by atoms with Gasteiger partial charge >= 0.3 is 0 Å². The Bertz CT molecular complexity index is 878. The van der Waals surface area contributed by atoms with Gasteiger partial charge in [-0.1, -0.05) is 0 Å². The van der Waals surface area contributed by atoms with E-state index in [9.17, 15) is 9.18 Å². The van der Waals surface area contributed by atoms with Crippen molar-refractivity contribution in [3.63, 3.8) is 0 Å². The van der Waals surface area contributed by atoms with Crippen molar-refractivity contribution in [2.75, 3.05) is 11.5 Å². The molecule has 1 aromatic carbocycles. The summed E-state index contributed by atoms with van der Waals surface area (Å²) in [5, 5.41) is 0.706. The Morgan fingerprint density at radius 2 is 1.76 bits per heavy atom. The van der Waals surface area contributed by atoms with Crippen molar-refractivity contribution in [2.45, 2.75) is 0 Å². The molecular formula is C14H12ClFN4O. The van der Waals surface area contributed by atoms with Crippen molar-refractivity contribution < 1.29 is 4.39 Å². The normalized spacial score (nSPS) is 10.3. The number of fused-ring (bicyclic) bond motifs is 1. The molecule has 0 aliphatic heterocycles. The van der Waals surface area contributed by atoms with Gasteiger partial charge in [0.15, 0.2) is 0 Å². The van der Waals surface area contributed by atoms with Gasteiger partial charge in [-0.2, -0.15) is 0 Å². The fraction of sp³-hybridized carbons (Fsp3) is 0. The molecule has 3 aromatic rings. The Labute approximate surface area is 125 Å². The van der Waals surface area contributed by atoms with Crippen LogP contribution in [0.4, 0.5) is 16.0 Å². The molecule has 5 N–H and O–H groups in total. The molecule has 0 unspecified atom stereocenters. The molecule has 3 rings (SSSR count). The predicted molar refractivity (Wildman–Crippen MR) is 83.8 cm³/mol. The van der Waals surface area contributed by atoms with Crippen LogP contribution in [0.2, 0.25) is 0 Å². The highest BCUT2D eigenvalue weighted by molar-refractivity contribution is 5.96. The molecule has 5 nitrogen and oxygen atoms in total. The number of nitrogens with zero attached hydrogens (tertiary/aromatic N) is 1. The molecule has 0 aliphatic carbocycles. The molecule has 2 heterocycles. The Kier molecular flexibility index (Phi) is 3.82. The summed E-state index contributed by atoms with van der Waals surface area (Å²) in [6.07, 6.45) is 0. The molecule has 2 aromatic heterocycles. The Balaban J connectivity index is 0.00000161. The molecule has 0 fully saturated rings. The van der Waals surface area contributed by atoms with E-state index in [0.717, 1.165) is 0 Å². The third-order valence-corrected chi connectivity index (χ3v) is 3.06. The van der Waals surface area contributed by atoms with E-state index >= 15 is 0 Å². The molecule has 21 heavy (non-hydrogen) atoms. The molecule has 0 saturated heterocycles. The van der Waals surface area contributed by atoms with Gasteiger partial charge in [-0.3, -0.25) is 4.79 Å². The summed E-state index contributed by atoms with van der Waals surface area (Å²) in [7, 11) is 0. The van der Waals surface area contributed by atoms with Crippen LogP contribution in [0.1, 0.15) is 0 Å². The van der Waals surface area contributed by atoms with Gasteiger partial charge in [-0.25, -0.2) is 9.37 Å². The van der Waals surface area contributed by atoms with Crippen molar-refractivity contribution >= 4 is 34.9 Å². The van der Waals surface area contributed by atoms with E-state index < -0.39 is 5.82 Å². The maximum Gasteiger partial charge on any atom is 0.248 e. The van der Waals surface area contributed by atoms with E-state index in [1.807, 2.05) is 0 Å². The van der Waals surface area contributed by atoms with E-state index in [0.29, 0.717) is 16.5 Å². The second-order valence-corrected chi connectivity index (χ2v) is 4.38. The van der Waals surface area contributed by atoms with Gasteiger partial charge in [0.2, 0.25) is 5.56 Å². The van der Waals surface area contributed by atoms with Crippen molar-refractivity contribution in [3.8, 4) is 11.1 Å². The maximum absolute atomic E-state index is 14.2. The SMILES string of the molecule is Cl.Nc1ccc(-c2c(F)ccc3ccc(=O)[nH]c23)c(N)n1. The van der Waals surface area contributed by atoms with Gasteiger partial charge in [0.1, 0.15) is 17.5 Å². The molecular weight excluding hydrogens is 295 g/mol. The van der Waals surface area contributed by atoms with Crippen LogP contribution >= 0.6 is 12.4 Å². The Morgan fingerprint density at radius 1 is 1.05 bits per heavy atom. The fourth-order valence-electron chi connectivity index (χ4n) is 2.16. The number of hydrogen-bond acceptors (Lipinski definition) is 4. The molecule has 7 heteroatoms. The third-order valence-electron chi connectivity index (χ3n) is 3.06. The average molecular weight is 307 g/mol. The zero-order valence-electron chi connectivity index (χ0n) is 10.8. The van der Waals surface area contributed by atoms with E-state index in [4.69, 9.17) is 11.5 Å². The summed E-state index contributed by atoms with van der Waals surface area (Å²) >= 11 is 0. The van der Waals surface area contributed by atoms with Gasteiger partial charge in [0.25, 0.3) is 0 Å². The van der Waals surface area contributed by atoms with Crippen LogP contribution in [-0.2, 0) is 0 Å². The van der Waals surface area contributed by atoms with E-state index in [1.54, 1.807) is 18.2 Å². The predicted octanol–water partition coefficient (Wildman–Crippen LogP) is 2.32. The lowest BCUT2D eigenvalue weighted by atomic mass is 10.0. The van der Waals surface area contributed by atoms with Gasteiger partial charge in [0.05, 0.1) is 5.52 Å². The lowest BCUT2D eigenvalue weighted by Gasteiger charge is -2.10. The number of benzene rings is 1. The summed E-state index contributed by atoms with van der Waals surface area (Å²) in [6, 6.07) is 9.04. The summed E-state index contributed by atoms with van der Waals surface area (Å²) in [4.78, 5) is 18.0. The van der Waals surface area contributed by atoms with Crippen molar-refractivity contribution in [2.24, 2.45) is 0 Å². The number of pyridine rings is 2. The smallest absolute Gasteiger partial charge is 0.248 e. The molecule has 0 aliphatic rings. The number of H-pyrrole nitrogens is 1. The number of aromatic nitrogens is 2. The maximum atomic E-state index is 14.2. The van der Waals surface area contributed by atoms with Crippen LogP contribution in [0.25, 0.3) is 22.0 Å². The molecule has 0 bridgehead atoms. The first-order valence-electron chi connectivity index (χ1n) is 5.90. The second-order valence-electron chi connectivity index (χ2n) is 4.38. The minimum atomic E-state index is -0.488. The first-order valence-corrected chi connectivity index (χ1v) is 5.90. The van der Waals surface area contributed by atoms with Crippen LogP contribution in [-0.4, -0.2) is 9.97 Å². The number of rotatable bonds is 1. The van der Waals surface area contributed by atoms with Crippen molar-refractivity contribution in [3.05, 3.63) is 52.6 Å². The average Bonchev–Trinajstić information content (AvgIpc) is 2.40. The van der Waals surface area contributed by atoms with Crippen LogP contribution in [0.3, 0.4) is 0 Å². The Morgan fingerprint density at radius 3 is 2.48 bits per heavy atom. The van der Waals surface area contributed by atoms with Crippen molar-refractivity contribution in [1.82, 2.24) is 9.97 Å². The first kappa shape index (κ1) is 14.8. The van der Waals surface area contributed by atoms with Crippen LogP contribution in [0.5, 0.6) is 0 Å². The number of nitrogen functional groups attached to an aromatic ring is 2. The molecule has 0 radical (unpaired) electrons. The lowest BCUT2D eigenvalue weighted by Crippen LogP contribution is -2.05. The highest BCUT2D eigenvalue weighted by Gasteiger charge is 2.14. The quantitative estimate of drug-likeness (QED) is 0.642. The molecule has 108 valence electrons. The van der Waals surface area contributed by atoms with Gasteiger partial charge < -0.3 is 16.5 Å². The number of hydrogen-bond donors (Lipinski definition) is 3. The highest BCUT2D eigenvalue weighted by atomic mass is 35.5. The largest absolute Gasteiger partial charge is 0.384 e. The van der Waals surface area contributed by atoms with Gasteiger partial charge in [-0.05, 0) is 35.7 Å². The molecule has 0 atom stereocenters. The minimum Gasteiger partial charge on any atom is -0.384 e. The monoisotopic (exact) mass is 306 g/mol. The number of nitrogens with two attached hydrogens (primary N) is 2. The highest BCUT2D eigenvalue weighted by Crippen LogP contribution is 2.32. The standard InChI is InChI=1S/C14H11FN4O.ClH/c15-9-4-1-7-2-6-11(20)19-13(7)12(9)8-3-5-10(16)18-14(8)17;/h1-6H,(H,19,20)(H4,16,17,18);1H. The number of aromatic amines is 1. The van der Waals surface area contributed by atoms with Crippen LogP contribution in [0, 0.1) is 5.82 Å². The van der Waals surface area contributed by atoms with Crippen LogP contribution in [0.15, 0.2) is 41.2 Å². The van der Waals surface area contributed by atoms with E-state index in [1.165, 1.54) is 18.2 Å². The number of halogens is 2. The number of nitrogens with one attached hydrogen (secondary N) is 1. The molecule has 0 amide bonds. The molecule has 0 spiro atoms. The zero-order valence-corrected chi connectivity index (χ0v) is 11.6. The summed E-state index contributed by atoms with van der Waals surface area (Å²) in [6.45, 7) is 0. The Hall–Kier alpha value is -2.60. The minimum absolute atomic E-state index is 0. The summed E-state index contributed by atoms with van der Waals surface area (Å²) < 4.78 is 14.2. The van der Waals surface area contributed by atoms with E-state index in [2.05, 4.69) is 9.97 Å². The lowest BCUT2D eigenvalue weighted by molar-refractivity contribution is 0.632. The van der Waals surface area contributed by atoms with Gasteiger partial charge in [0, 0.05) is 17.2 Å². The number of anilines is 2. The summed E-state index contributed by atoms with van der Waals surface area (Å²) in [5.41, 5.74) is 12.0. The van der Waals surface area contributed by atoms with E-state index in [-0.39, 0.29) is 35.2 Å². The van der Waals surface area contributed by atoms with Crippen LogP contribution < -0.4 is 17.0 Å². The summed E-state index contributed by atoms with van der Waals surface area (Å²) in [5.74, 6) is -0.126. The first-order chi connectivity index (χ1) is 9.56. The van der Waals surface area contributed by atoms with Crippen molar-refractivity contribution in [1.29, 1.82) is 0 Å². The van der Waals surface area contributed by atoms with Gasteiger partial charge in [-0.15, -0.1) is 12.4 Å². The molecule has 0 saturated carbocycles. The second kappa shape index (κ2) is 5.41. The zero-order chi connectivity index (χ0) is 14.3.